The molecule has 0 aliphatic heterocycles. The third kappa shape index (κ3) is 3.36. The Balaban J connectivity index is 1.83. The van der Waals surface area contributed by atoms with Crippen LogP contribution in [0.5, 0.6) is 0 Å². The van der Waals surface area contributed by atoms with Crippen LogP contribution in [-0.4, -0.2) is 19.1 Å². The number of aromatic nitrogens is 1. The zero-order valence-corrected chi connectivity index (χ0v) is 10.4. The lowest BCUT2D eigenvalue weighted by Crippen LogP contribution is -2.12. The second-order valence-corrected chi connectivity index (χ2v) is 4.38. The fraction of sp³-hybridized carbons (Fsp3) is 0.286. The van der Waals surface area contributed by atoms with Crippen LogP contribution in [0.15, 0.2) is 42.7 Å². The second-order valence-electron chi connectivity index (χ2n) is 4.38. The number of anilines is 1. The standard InChI is InChI=1S/C14H19N3/c1-17(2)14-5-3-12(4-6-14)9-16-11-13-7-8-15-10-13/h3-8,10,15-16H,9,11H2,1-2H3. The van der Waals surface area contributed by atoms with Gasteiger partial charge in [0.25, 0.3) is 0 Å². The van der Waals surface area contributed by atoms with E-state index in [0.717, 1.165) is 13.1 Å². The first kappa shape index (κ1) is 11.7. The first-order valence-corrected chi connectivity index (χ1v) is 5.84. The minimum atomic E-state index is 0.902. The molecule has 2 N–H and O–H groups in total. The Kier molecular flexibility index (Phi) is 3.83. The van der Waals surface area contributed by atoms with Crippen LogP contribution in [0, 0.1) is 0 Å². The molecule has 0 spiro atoms. The lowest BCUT2D eigenvalue weighted by atomic mass is 10.2. The molecule has 0 unspecified atom stereocenters. The summed E-state index contributed by atoms with van der Waals surface area (Å²) in [7, 11) is 4.11. The summed E-state index contributed by atoms with van der Waals surface area (Å²) in [5, 5.41) is 3.42. The highest BCUT2D eigenvalue weighted by Crippen LogP contribution is 2.12. The molecule has 0 radical (unpaired) electrons. The molecule has 0 amide bonds. The molecule has 3 nitrogen and oxygen atoms in total. The van der Waals surface area contributed by atoms with Crippen molar-refractivity contribution < 1.29 is 0 Å². The number of rotatable bonds is 5. The van der Waals surface area contributed by atoms with Gasteiger partial charge in [-0.15, -0.1) is 0 Å². The van der Waals surface area contributed by atoms with Gasteiger partial charge in [0, 0.05) is 45.3 Å². The van der Waals surface area contributed by atoms with Crippen molar-refractivity contribution in [3.8, 4) is 0 Å². The van der Waals surface area contributed by atoms with E-state index in [1.807, 2.05) is 12.4 Å². The van der Waals surface area contributed by atoms with Gasteiger partial charge in [0.15, 0.2) is 0 Å². The summed E-state index contributed by atoms with van der Waals surface area (Å²) in [6.45, 7) is 1.80. The average molecular weight is 229 g/mol. The van der Waals surface area contributed by atoms with Crippen LogP contribution in [0.3, 0.4) is 0 Å². The highest BCUT2D eigenvalue weighted by atomic mass is 15.1. The van der Waals surface area contributed by atoms with Gasteiger partial charge in [-0.25, -0.2) is 0 Å². The van der Waals surface area contributed by atoms with Gasteiger partial charge in [-0.05, 0) is 29.3 Å². The van der Waals surface area contributed by atoms with Gasteiger partial charge in [0.1, 0.15) is 0 Å². The van der Waals surface area contributed by atoms with Gasteiger partial charge in [-0.2, -0.15) is 0 Å². The van der Waals surface area contributed by atoms with Gasteiger partial charge in [0.05, 0.1) is 0 Å². The zero-order valence-electron chi connectivity index (χ0n) is 10.4. The van der Waals surface area contributed by atoms with Gasteiger partial charge < -0.3 is 15.2 Å². The van der Waals surface area contributed by atoms with Gasteiger partial charge in [-0.3, -0.25) is 0 Å². The summed E-state index contributed by atoms with van der Waals surface area (Å²) in [5.41, 5.74) is 3.83. The number of nitrogens with one attached hydrogen (secondary N) is 2. The van der Waals surface area contributed by atoms with Crippen molar-refractivity contribution in [2.45, 2.75) is 13.1 Å². The summed E-state index contributed by atoms with van der Waals surface area (Å²) >= 11 is 0. The lowest BCUT2D eigenvalue weighted by molar-refractivity contribution is 0.694. The molecule has 0 saturated heterocycles. The maximum atomic E-state index is 3.42. The van der Waals surface area contributed by atoms with E-state index in [4.69, 9.17) is 0 Å². The molecule has 17 heavy (non-hydrogen) atoms. The van der Waals surface area contributed by atoms with Crippen molar-refractivity contribution in [1.29, 1.82) is 0 Å². The first-order chi connectivity index (χ1) is 8.25. The Labute approximate surface area is 102 Å². The van der Waals surface area contributed by atoms with Crippen LogP contribution in [0.4, 0.5) is 5.69 Å². The molecule has 3 heteroatoms. The van der Waals surface area contributed by atoms with E-state index in [9.17, 15) is 0 Å². The van der Waals surface area contributed by atoms with Crippen molar-refractivity contribution >= 4 is 5.69 Å². The second kappa shape index (κ2) is 5.55. The zero-order chi connectivity index (χ0) is 12.1. The van der Waals surface area contributed by atoms with Crippen LogP contribution in [0.1, 0.15) is 11.1 Å². The molecular weight excluding hydrogens is 210 g/mol. The van der Waals surface area contributed by atoms with Crippen LogP contribution < -0.4 is 10.2 Å². The molecule has 0 fully saturated rings. The van der Waals surface area contributed by atoms with Crippen molar-refractivity contribution in [2.75, 3.05) is 19.0 Å². The van der Waals surface area contributed by atoms with E-state index in [-0.39, 0.29) is 0 Å². The highest BCUT2D eigenvalue weighted by molar-refractivity contribution is 5.45. The van der Waals surface area contributed by atoms with E-state index in [1.54, 1.807) is 0 Å². The summed E-state index contributed by atoms with van der Waals surface area (Å²) in [6.07, 6.45) is 3.96. The molecule has 0 atom stereocenters. The van der Waals surface area contributed by atoms with Crippen LogP contribution in [-0.2, 0) is 13.1 Å². The Morgan fingerprint density at radius 3 is 2.29 bits per heavy atom. The summed E-state index contributed by atoms with van der Waals surface area (Å²) < 4.78 is 0. The molecule has 2 aromatic rings. The predicted molar refractivity (Wildman–Crippen MR) is 72.1 cm³/mol. The maximum absolute atomic E-state index is 3.42. The third-order valence-electron chi connectivity index (χ3n) is 2.77. The van der Waals surface area contributed by atoms with Gasteiger partial charge in [0.2, 0.25) is 0 Å². The molecule has 0 bridgehead atoms. The Bertz CT molecular complexity index is 429. The molecule has 2 rings (SSSR count). The molecule has 1 aromatic carbocycles. The molecule has 0 saturated carbocycles. The Hall–Kier alpha value is -1.74. The van der Waals surface area contributed by atoms with Crippen molar-refractivity contribution in [3.05, 3.63) is 53.9 Å². The topological polar surface area (TPSA) is 31.1 Å². The van der Waals surface area contributed by atoms with E-state index in [0.29, 0.717) is 0 Å². The summed E-state index contributed by atoms with van der Waals surface area (Å²) in [5.74, 6) is 0. The number of hydrogen-bond donors (Lipinski definition) is 2. The molecular formula is C14H19N3. The average Bonchev–Trinajstić information content (AvgIpc) is 2.83. The number of H-pyrrole nitrogens is 1. The summed E-state index contributed by atoms with van der Waals surface area (Å²) in [4.78, 5) is 5.16. The molecule has 1 heterocycles. The fourth-order valence-corrected chi connectivity index (χ4v) is 1.73. The highest BCUT2D eigenvalue weighted by Gasteiger charge is 1.97. The van der Waals surface area contributed by atoms with E-state index < -0.39 is 0 Å². The van der Waals surface area contributed by atoms with Gasteiger partial charge in [-0.1, -0.05) is 12.1 Å². The quantitative estimate of drug-likeness (QED) is 0.824. The minimum absolute atomic E-state index is 0.902. The number of hydrogen-bond acceptors (Lipinski definition) is 2. The Morgan fingerprint density at radius 1 is 1.00 bits per heavy atom. The van der Waals surface area contributed by atoms with Crippen LogP contribution in [0.2, 0.25) is 0 Å². The largest absolute Gasteiger partial charge is 0.378 e. The molecule has 1 aromatic heterocycles. The minimum Gasteiger partial charge on any atom is -0.378 e. The smallest absolute Gasteiger partial charge is 0.0361 e. The molecule has 90 valence electrons. The van der Waals surface area contributed by atoms with Crippen molar-refractivity contribution in [1.82, 2.24) is 10.3 Å². The van der Waals surface area contributed by atoms with Crippen LogP contribution >= 0.6 is 0 Å². The molecule has 0 aliphatic carbocycles. The molecule has 0 aliphatic rings. The van der Waals surface area contributed by atoms with Crippen molar-refractivity contribution in [2.24, 2.45) is 0 Å². The SMILES string of the molecule is CN(C)c1ccc(CNCc2cc[nH]c2)cc1. The summed E-state index contributed by atoms with van der Waals surface area (Å²) in [6, 6.07) is 10.7. The van der Waals surface area contributed by atoms with Crippen LogP contribution in [0.25, 0.3) is 0 Å². The van der Waals surface area contributed by atoms with Crippen molar-refractivity contribution in [3.63, 3.8) is 0 Å². The van der Waals surface area contributed by atoms with Gasteiger partial charge >= 0.3 is 0 Å². The first-order valence-electron chi connectivity index (χ1n) is 5.84. The lowest BCUT2D eigenvalue weighted by Gasteiger charge is -2.12. The third-order valence-corrected chi connectivity index (χ3v) is 2.77. The van der Waals surface area contributed by atoms with E-state index >= 15 is 0 Å². The monoisotopic (exact) mass is 229 g/mol. The number of aromatic amines is 1. The number of benzene rings is 1. The normalized spacial score (nSPS) is 10.5. The van der Waals surface area contributed by atoms with E-state index in [2.05, 4.69) is 59.6 Å². The fourth-order valence-electron chi connectivity index (χ4n) is 1.73. The van der Waals surface area contributed by atoms with E-state index in [1.165, 1.54) is 16.8 Å². The predicted octanol–water partition coefficient (Wildman–Crippen LogP) is 2.37. The Morgan fingerprint density at radius 2 is 1.71 bits per heavy atom. The number of nitrogens with zero attached hydrogens (tertiary/aromatic N) is 1. The maximum Gasteiger partial charge on any atom is 0.0361 e.